The van der Waals surface area contributed by atoms with Crippen LogP contribution < -0.4 is 15.4 Å². The molecule has 4 N–H and O–H groups in total. The zero-order valence-corrected chi connectivity index (χ0v) is 19.2. The van der Waals surface area contributed by atoms with Gasteiger partial charge in [0.25, 0.3) is 0 Å². The van der Waals surface area contributed by atoms with E-state index >= 15 is 0 Å². The fourth-order valence-electron chi connectivity index (χ4n) is 3.26. The summed E-state index contributed by atoms with van der Waals surface area (Å²) in [6, 6.07) is 17.1. The third kappa shape index (κ3) is 7.07. The van der Waals surface area contributed by atoms with Gasteiger partial charge in [0.15, 0.2) is 0 Å². The average Bonchev–Trinajstić information content (AvgIpc) is 2.80. The molecule has 0 saturated heterocycles. The largest absolute Gasteiger partial charge is 0.497 e. The first-order chi connectivity index (χ1) is 15.1. The highest BCUT2D eigenvalue weighted by Crippen LogP contribution is 2.26. The molecule has 0 aliphatic heterocycles. The van der Waals surface area contributed by atoms with Crippen LogP contribution in [-0.2, 0) is 22.6 Å². The molecular formula is C25H34N2O5. The number of amides is 1. The lowest BCUT2D eigenvalue weighted by Crippen LogP contribution is -2.49. The number of nitrogens with one attached hydrogen (secondary N) is 2. The predicted molar refractivity (Wildman–Crippen MR) is 123 cm³/mol. The molecule has 0 radical (unpaired) electrons. The summed E-state index contributed by atoms with van der Waals surface area (Å²) in [6.45, 7) is 5.15. The highest BCUT2D eigenvalue weighted by atomic mass is 16.5. The summed E-state index contributed by atoms with van der Waals surface area (Å²) in [5, 5.41) is 26.3. The van der Waals surface area contributed by atoms with Gasteiger partial charge in [-0.15, -0.1) is 0 Å². The number of carbonyl (C=O) groups excluding carboxylic acids is 1. The SMILES string of the molecule is COc1cccc(CNC(Cc2ccccc2)C(O)CNC(=O)[C@H](C)C(C)(C)C(=O)O)c1. The molecule has 32 heavy (non-hydrogen) atoms. The highest BCUT2D eigenvalue weighted by Gasteiger charge is 2.38. The summed E-state index contributed by atoms with van der Waals surface area (Å²) < 4.78 is 5.27. The minimum absolute atomic E-state index is 0.0154. The van der Waals surface area contributed by atoms with Crippen LogP contribution in [0.1, 0.15) is 31.9 Å². The Kier molecular flexibility index (Phi) is 9.23. The lowest BCUT2D eigenvalue weighted by atomic mass is 9.79. The van der Waals surface area contributed by atoms with Gasteiger partial charge in [-0.3, -0.25) is 9.59 Å². The molecule has 2 aromatic rings. The van der Waals surface area contributed by atoms with Gasteiger partial charge in [0.05, 0.1) is 24.5 Å². The molecule has 3 atom stereocenters. The monoisotopic (exact) mass is 442 g/mol. The van der Waals surface area contributed by atoms with Crippen LogP contribution >= 0.6 is 0 Å². The number of hydrogen-bond acceptors (Lipinski definition) is 5. The van der Waals surface area contributed by atoms with E-state index < -0.39 is 29.3 Å². The van der Waals surface area contributed by atoms with Crippen LogP contribution in [0.4, 0.5) is 0 Å². The van der Waals surface area contributed by atoms with Crippen molar-refractivity contribution < 1.29 is 24.5 Å². The van der Waals surface area contributed by atoms with Crippen molar-refractivity contribution in [1.29, 1.82) is 0 Å². The van der Waals surface area contributed by atoms with Crippen molar-refractivity contribution in [2.24, 2.45) is 11.3 Å². The summed E-state index contributed by atoms with van der Waals surface area (Å²) in [6.07, 6.45) is -0.303. The Balaban J connectivity index is 2.05. The van der Waals surface area contributed by atoms with Gasteiger partial charge >= 0.3 is 5.97 Å². The molecule has 7 nitrogen and oxygen atoms in total. The van der Waals surface area contributed by atoms with Crippen molar-refractivity contribution in [2.45, 2.75) is 45.9 Å². The molecule has 0 fully saturated rings. The van der Waals surface area contributed by atoms with Gasteiger partial charge in [0.2, 0.25) is 5.91 Å². The van der Waals surface area contributed by atoms with Gasteiger partial charge < -0.3 is 25.6 Å². The van der Waals surface area contributed by atoms with Crippen LogP contribution in [-0.4, -0.2) is 47.9 Å². The van der Waals surface area contributed by atoms with Crippen molar-refractivity contribution >= 4 is 11.9 Å². The molecular weight excluding hydrogens is 408 g/mol. The Morgan fingerprint density at radius 2 is 1.72 bits per heavy atom. The Labute approximate surface area is 189 Å². The van der Waals surface area contributed by atoms with E-state index in [1.807, 2.05) is 54.6 Å². The van der Waals surface area contributed by atoms with Gasteiger partial charge in [0.1, 0.15) is 5.75 Å². The maximum Gasteiger partial charge on any atom is 0.309 e. The second-order valence-corrected chi connectivity index (χ2v) is 8.59. The summed E-state index contributed by atoms with van der Waals surface area (Å²) in [7, 11) is 1.61. The molecule has 0 heterocycles. The van der Waals surface area contributed by atoms with Gasteiger partial charge in [-0.25, -0.2) is 0 Å². The van der Waals surface area contributed by atoms with E-state index in [1.165, 1.54) is 13.8 Å². The molecule has 0 spiro atoms. The van der Waals surface area contributed by atoms with E-state index in [9.17, 15) is 19.8 Å². The van der Waals surface area contributed by atoms with E-state index in [2.05, 4.69) is 10.6 Å². The summed E-state index contributed by atoms with van der Waals surface area (Å²) in [4.78, 5) is 23.9. The quantitative estimate of drug-likeness (QED) is 0.403. The molecule has 2 unspecified atom stereocenters. The fraction of sp³-hybridized carbons (Fsp3) is 0.440. The van der Waals surface area contributed by atoms with Crippen LogP contribution in [0.15, 0.2) is 54.6 Å². The average molecular weight is 443 g/mol. The second-order valence-electron chi connectivity index (χ2n) is 8.59. The molecule has 0 aliphatic rings. The Bertz CT molecular complexity index is 885. The number of aliphatic hydroxyl groups is 1. The third-order valence-electron chi connectivity index (χ3n) is 5.98. The number of carboxylic acids is 1. The van der Waals surface area contributed by atoms with Crippen LogP contribution in [0.3, 0.4) is 0 Å². The smallest absolute Gasteiger partial charge is 0.309 e. The molecule has 1 amide bonds. The minimum Gasteiger partial charge on any atom is -0.497 e. The maximum atomic E-state index is 12.5. The molecule has 0 aliphatic carbocycles. The molecule has 0 bridgehead atoms. The molecule has 174 valence electrons. The van der Waals surface area contributed by atoms with Crippen molar-refractivity contribution in [3.63, 3.8) is 0 Å². The van der Waals surface area contributed by atoms with Gasteiger partial charge in [0, 0.05) is 19.1 Å². The first-order valence-electron chi connectivity index (χ1n) is 10.7. The lowest BCUT2D eigenvalue weighted by Gasteiger charge is -2.28. The Morgan fingerprint density at radius 1 is 1.06 bits per heavy atom. The number of aliphatic carboxylic acids is 1. The topological polar surface area (TPSA) is 108 Å². The number of rotatable bonds is 12. The van der Waals surface area contributed by atoms with E-state index in [-0.39, 0.29) is 12.6 Å². The fourth-order valence-corrected chi connectivity index (χ4v) is 3.26. The Hall–Kier alpha value is -2.90. The first-order valence-corrected chi connectivity index (χ1v) is 10.7. The van der Waals surface area contributed by atoms with E-state index in [0.717, 1.165) is 16.9 Å². The van der Waals surface area contributed by atoms with Crippen LogP contribution in [0.5, 0.6) is 5.75 Å². The van der Waals surface area contributed by atoms with Gasteiger partial charge in [-0.1, -0.05) is 49.4 Å². The standard InChI is InChI=1S/C25H34N2O5/c1-17(25(2,3)24(30)31)23(29)27-16-22(28)21(14-18-9-6-5-7-10-18)26-15-19-11-8-12-20(13-19)32-4/h5-13,17,21-22,26,28H,14-16H2,1-4H3,(H,27,29)(H,30,31)/t17-,21?,22?/m0/s1. The summed E-state index contributed by atoms with van der Waals surface area (Å²) in [5.41, 5.74) is 0.861. The molecule has 2 rings (SSSR count). The van der Waals surface area contributed by atoms with Gasteiger partial charge in [-0.05, 0) is 43.5 Å². The van der Waals surface area contributed by atoms with Crippen LogP contribution in [0, 0.1) is 11.3 Å². The third-order valence-corrected chi connectivity index (χ3v) is 5.98. The number of benzene rings is 2. The van der Waals surface area contributed by atoms with E-state index in [1.54, 1.807) is 14.0 Å². The zero-order chi connectivity index (χ0) is 23.7. The first kappa shape index (κ1) is 25.4. The summed E-state index contributed by atoms with van der Waals surface area (Å²) in [5.74, 6) is -1.43. The predicted octanol–water partition coefficient (Wildman–Crippen LogP) is 2.62. The zero-order valence-electron chi connectivity index (χ0n) is 19.2. The van der Waals surface area contributed by atoms with Crippen LogP contribution in [0.2, 0.25) is 0 Å². The van der Waals surface area contributed by atoms with Crippen LogP contribution in [0.25, 0.3) is 0 Å². The molecule has 2 aromatic carbocycles. The second kappa shape index (κ2) is 11.6. The Morgan fingerprint density at radius 3 is 2.34 bits per heavy atom. The number of aliphatic hydroxyl groups excluding tert-OH is 1. The number of methoxy groups -OCH3 is 1. The summed E-state index contributed by atoms with van der Waals surface area (Å²) >= 11 is 0. The van der Waals surface area contributed by atoms with Crippen molar-refractivity contribution in [2.75, 3.05) is 13.7 Å². The highest BCUT2D eigenvalue weighted by molar-refractivity contribution is 5.86. The molecule has 0 saturated carbocycles. The van der Waals surface area contributed by atoms with Crippen molar-refractivity contribution in [3.8, 4) is 5.75 Å². The van der Waals surface area contributed by atoms with E-state index in [4.69, 9.17) is 4.74 Å². The number of hydrogen-bond donors (Lipinski definition) is 4. The van der Waals surface area contributed by atoms with E-state index in [0.29, 0.717) is 13.0 Å². The molecule has 0 aromatic heterocycles. The minimum atomic E-state index is -1.21. The number of ether oxygens (including phenoxy) is 1. The molecule has 7 heteroatoms. The van der Waals surface area contributed by atoms with Crippen molar-refractivity contribution in [3.05, 3.63) is 65.7 Å². The number of carboxylic acid groups (broad SMARTS) is 1. The number of carbonyl (C=O) groups is 2. The van der Waals surface area contributed by atoms with Crippen molar-refractivity contribution in [1.82, 2.24) is 10.6 Å². The van der Waals surface area contributed by atoms with Gasteiger partial charge in [-0.2, -0.15) is 0 Å². The maximum absolute atomic E-state index is 12.5. The lowest BCUT2D eigenvalue weighted by molar-refractivity contribution is -0.153. The normalized spacial score (nSPS) is 14.3.